The highest BCUT2D eigenvalue weighted by Gasteiger charge is 2.32. The molecule has 22 heavy (non-hydrogen) atoms. The Morgan fingerprint density at radius 1 is 1.32 bits per heavy atom. The summed E-state index contributed by atoms with van der Waals surface area (Å²) in [4.78, 5) is 35.3. The summed E-state index contributed by atoms with van der Waals surface area (Å²) in [6.07, 6.45) is 2.58. The Morgan fingerprint density at radius 3 is 2.64 bits per heavy atom. The first-order valence-corrected chi connectivity index (χ1v) is 8.19. The molecular formula is C15H18NO5S-. The third-order valence-corrected chi connectivity index (χ3v) is 4.63. The highest BCUT2D eigenvalue weighted by atomic mass is 32.1. The second kappa shape index (κ2) is 7.40. The van der Waals surface area contributed by atoms with Gasteiger partial charge in [-0.15, -0.1) is 11.3 Å². The molecule has 1 aliphatic rings. The zero-order valence-corrected chi connectivity index (χ0v) is 13.1. The molecule has 2 atom stereocenters. The minimum atomic E-state index is -1.18. The Hall–Kier alpha value is -1.89. The van der Waals surface area contributed by atoms with Gasteiger partial charge < -0.3 is 20.0 Å². The van der Waals surface area contributed by atoms with Crippen molar-refractivity contribution in [3.05, 3.63) is 17.0 Å². The van der Waals surface area contributed by atoms with Gasteiger partial charge in [0.1, 0.15) is 5.00 Å². The van der Waals surface area contributed by atoms with Crippen molar-refractivity contribution >= 4 is 34.2 Å². The monoisotopic (exact) mass is 324 g/mol. The molecule has 0 saturated heterocycles. The van der Waals surface area contributed by atoms with Crippen molar-refractivity contribution in [3.63, 3.8) is 0 Å². The maximum absolute atomic E-state index is 12.4. The largest absolute Gasteiger partial charge is 0.550 e. The van der Waals surface area contributed by atoms with Crippen molar-refractivity contribution in [2.45, 2.75) is 32.6 Å². The van der Waals surface area contributed by atoms with Crippen molar-refractivity contribution in [1.29, 1.82) is 0 Å². The molecule has 1 aromatic heterocycles. The van der Waals surface area contributed by atoms with Gasteiger partial charge in [0.05, 0.1) is 12.2 Å². The van der Waals surface area contributed by atoms with Crippen molar-refractivity contribution in [2.24, 2.45) is 11.8 Å². The van der Waals surface area contributed by atoms with E-state index >= 15 is 0 Å². The highest BCUT2D eigenvalue weighted by Crippen LogP contribution is 2.32. The number of amides is 1. The molecule has 1 aromatic rings. The second-order valence-corrected chi connectivity index (χ2v) is 6.11. The smallest absolute Gasteiger partial charge is 0.341 e. The molecule has 1 heterocycles. The summed E-state index contributed by atoms with van der Waals surface area (Å²) in [5.41, 5.74) is 0.293. The maximum atomic E-state index is 12.4. The Kier molecular flexibility index (Phi) is 5.54. The number of carbonyl (C=O) groups is 3. The SMILES string of the molecule is CCOC(=O)c1ccsc1NC(=O)[C@@H]1CCCC[C@H]1C(=O)[O-]. The van der Waals surface area contributed by atoms with Crippen molar-refractivity contribution < 1.29 is 24.2 Å². The molecule has 0 spiro atoms. The lowest BCUT2D eigenvalue weighted by molar-refractivity contribution is -0.313. The lowest BCUT2D eigenvalue weighted by Gasteiger charge is -2.31. The van der Waals surface area contributed by atoms with Gasteiger partial charge in [0.25, 0.3) is 0 Å². The molecule has 1 aliphatic carbocycles. The fourth-order valence-corrected chi connectivity index (χ4v) is 3.49. The Labute approximate surface area is 132 Å². The topological polar surface area (TPSA) is 95.5 Å². The van der Waals surface area contributed by atoms with Crippen molar-refractivity contribution in [2.75, 3.05) is 11.9 Å². The van der Waals surface area contributed by atoms with Crippen LogP contribution in [-0.2, 0) is 14.3 Å². The third-order valence-electron chi connectivity index (χ3n) is 3.80. The van der Waals surface area contributed by atoms with Crippen LogP contribution in [0.1, 0.15) is 43.0 Å². The minimum Gasteiger partial charge on any atom is -0.550 e. The van der Waals surface area contributed by atoms with E-state index in [2.05, 4.69) is 5.32 Å². The number of esters is 1. The molecular weight excluding hydrogens is 306 g/mol. The quantitative estimate of drug-likeness (QED) is 0.826. The summed E-state index contributed by atoms with van der Waals surface area (Å²) >= 11 is 1.21. The average Bonchev–Trinajstić information content (AvgIpc) is 2.95. The summed E-state index contributed by atoms with van der Waals surface area (Å²) in [6.45, 7) is 1.95. The Bertz CT molecular complexity index is 568. The average molecular weight is 324 g/mol. The molecule has 120 valence electrons. The first-order valence-electron chi connectivity index (χ1n) is 7.31. The fraction of sp³-hybridized carbons (Fsp3) is 0.533. The number of carboxylic acid groups (broad SMARTS) is 1. The number of carbonyl (C=O) groups excluding carboxylic acids is 3. The number of nitrogens with one attached hydrogen (secondary N) is 1. The van der Waals surface area contributed by atoms with Crippen LogP contribution in [0.15, 0.2) is 11.4 Å². The summed E-state index contributed by atoms with van der Waals surface area (Å²) < 4.78 is 4.93. The lowest BCUT2D eigenvalue weighted by atomic mass is 9.79. The first-order chi connectivity index (χ1) is 10.5. The van der Waals surface area contributed by atoms with E-state index in [1.165, 1.54) is 11.3 Å². The predicted molar refractivity (Wildman–Crippen MR) is 79.4 cm³/mol. The zero-order valence-electron chi connectivity index (χ0n) is 12.3. The van der Waals surface area contributed by atoms with Crippen LogP contribution in [-0.4, -0.2) is 24.5 Å². The Morgan fingerprint density at radius 2 is 2.00 bits per heavy atom. The van der Waals surface area contributed by atoms with Gasteiger partial charge in [-0.3, -0.25) is 4.79 Å². The molecule has 1 fully saturated rings. The van der Waals surface area contributed by atoms with Crippen LogP contribution in [0.5, 0.6) is 0 Å². The molecule has 0 aromatic carbocycles. The predicted octanol–water partition coefficient (Wildman–Crippen LogP) is 1.42. The van der Waals surface area contributed by atoms with E-state index in [1.807, 2.05) is 0 Å². The van der Waals surface area contributed by atoms with Crippen LogP contribution in [0.4, 0.5) is 5.00 Å². The van der Waals surface area contributed by atoms with E-state index in [4.69, 9.17) is 4.74 Å². The molecule has 0 radical (unpaired) electrons. The number of hydrogen-bond acceptors (Lipinski definition) is 6. The van der Waals surface area contributed by atoms with E-state index in [0.717, 1.165) is 12.8 Å². The highest BCUT2D eigenvalue weighted by molar-refractivity contribution is 7.14. The van der Waals surface area contributed by atoms with Crippen LogP contribution in [0.3, 0.4) is 0 Å². The number of carboxylic acids is 1. The van der Waals surface area contributed by atoms with E-state index in [9.17, 15) is 19.5 Å². The molecule has 1 saturated carbocycles. The van der Waals surface area contributed by atoms with Crippen LogP contribution in [0.25, 0.3) is 0 Å². The van der Waals surface area contributed by atoms with Gasteiger partial charge in [-0.2, -0.15) is 0 Å². The number of thiophene rings is 1. The standard InChI is InChI=1S/C15H19NO5S/c1-2-21-15(20)11-7-8-22-13(11)16-12(17)9-5-3-4-6-10(9)14(18)19/h7-10H,2-6H2,1H3,(H,16,17)(H,18,19)/p-1/t9-,10-/m1/s1. The number of ether oxygens (including phenoxy) is 1. The number of hydrogen-bond donors (Lipinski definition) is 1. The van der Waals surface area contributed by atoms with Gasteiger partial charge in [-0.25, -0.2) is 4.79 Å². The lowest BCUT2D eigenvalue weighted by Crippen LogP contribution is -2.42. The summed E-state index contributed by atoms with van der Waals surface area (Å²) in [7, 11) is 0. The Balaban J connectivity index is 2.10. The maximum Gasteiger partial charge on any atom is 0.341 e. The molecule has 7 heteroatoms. The molecule has 2 rings (SSSR count). The fourth-order valence-electron chi connectivity index (χ4n) is 2.71. The zero-order chi connectivity index (χ0) is 16.1. The number of rotatable bonds is 5. The van der Waals surface area contributed by atoms with E-state index in [0.29, 0.717) is 23.4 Å². The van der Waals surface area contributed by atoms with Crippen LogP contribution >= 0.6 is 11.3 Å². The first kappa shape index (κ1) is 16.5. The van der Waals surface area contributed by atoms with Gasteiger partial charge in [-0.1, -0.05) is 12.8 Å². The summed E-state index contributed by atoms with van der Waals surface area (Å²) in [6, 6.07) is 1.58. The molecule has 6 nitrogen and oxygen atoms in total. The number of aliphatic carboxylic acids is 1. The molecule has 0 bridgehead atoms. The van der Waals surface area contributed by atoms with Gasteiger partial charge >= 0.3 is 5.97 Å². The third kappa shape index (κ3) is 3.65. The van der Waals surface area contributed by atoms with E-state index in [1.54, 1.807) is 18.4 Å². The summed E-state index contributed by atoms with van der Waals surface area (Å²) in [5, 5.41) is 15.9. The van der Waals surface area contributed by atoms with Gasteiger partial charge in [0, 0.05) is 17.8 Å². The number of anilines is 1. The molecule has 1 amide bonds. The minimum absolute atomic E-state index is 0.247. The van der Waals surface area contributed by atoms with Crippen molar-refractivity contribution in [3.8, 4) is 0 Å². The van der Waals surface area contributed by atoms with Crippen LogP contribution in [0, 0.1) is 11.8 Å². The van der Waals surface area contributed by atoms with Crippen molar-refractivity contribution in [1.82, 2.24) is 0 Å². The molecule has 0 aliphatic heterocycles. The van der Waals surface area contributed by atoms with Crippen LogP contribution < -0.4 is 10.4 Å². The summed E-state index contributed by atoms with van der Waals surface area (Å²) in [5.74, 6) is -3.44. The second-order valence-electron chi connectivity index (χ2n) is 5.19. The van der Waals surface area contributed by atoms with E-state index < -0.39 is 23.8 Å². The van der Waals surface area contributed by atoms with Gasteiger partial charge in [-0.05, 0) is 31.2 Å². The van der Waals surface area contributed by atoms with Gasteiger partial charge in [0.2, 0.25) is 5.91 Å². The molecule has 0 unspecified atom stereocenters. The van der Waals surface area contributed by atoms with Crippen LogP contribution in [0.2, 0.25) is 0 Å². The normalized spacial score (nSPS) is 21.1. The molecule has 1 N–H and O–H groups in total. The van der Waals surface area contributed by atoms with E-state index in [-0.39, 0.29) is 12.5 Å². The van der Waals surface area contributed by atoms with Gasteiger partial charge in [0.15, 0.2) is 0 Å².